The molecule has 0 saturated carbocycles. The number of hydrogen-bond donors (Lipinski definition) is 1. The maximum atomic E-state index is 10.8. The Balaban J connectivity index is 2.35. The molecule has 20 heavy (non-hydrogen) atoms. The van der Waals surface area contributed by atoms with Crippen molar-refractivity contribution in [1.82, 2.24) is 4.98 Å². The summed E-state index contributed by atoms with van der Waals surface area (Å²) >= 11 is 0. The van der Waals surface area contributed by atoms with Gasteiger partial charge in [0.25, 0.3) is 5.69 Å². The van der Waals surface area contributed by atoms with Crippen molar-refractivity contribution in [3.05, 3.63) is 52.3 Å². The van der Waals surface area contributed by atoms with Crippen LogP contribution in [0.15, 0.2) is 36.7 Å². The Labute approximate surface area is 115 Å². The van der Waals surface area contributed by atoms with Crippen molar-refractivity contribution >= 4 is 5.69 Å². The van der Waals surface area contributed by atoms with E-state index in [1.807, 2.05) is 0 Å². The van der Waals surface area contributed by atoms with E-state index in [1.54, 1.807) is 12.3 Å². The highest BCUT2D eigenvalue weighted by Crippen LogP contribution is 2.34. The normalized spacial score (nSPS) is 10.1. The molecule has 2 N–H and O–H groups in total. The lowest BCUT2D eigenvalue weighted by molar-refractivity contribution is -0.384. The van der Waals surface area contributed by atoms with Crippen LogP contribution in [0.2, 0.25) is 0 Å². The topological polar surface area (TPSA) is 101 Å². The van der Waals surface area contributed by atoms with Gasteiger partial charge in [0.05, 0.1) is 24.3 Å². The molecule has 0 fully saturated rings. The summed E-state index contributed by atoms with van der Waals surface area (Å²) in [6, 6.07) is 5.84. The lowest BCUT2D eigenvalue weighted by Gasteiger charge is -2.10. The number of aromatic nitrogens is 1. The zero-order valence-electron chi connectivity index (χ0n) is 10.8. The Morgan fingerprint density at radius 3 is 2.75 bits per heavy atom. The van der Waals surface area contributed by atoms with Crippen molar-refractivity contribution < 1.29 is 14.4 Å². The van der Waals surface area contributed by atoms with Crippen LogP contribution in [-0.2, 0) is 6.54 Å². The van der Waals surface area contributed by atoms with E-state index < -0.39 is 4.92 Å². The van der Waals surface area contributed by atoms with Gasteiger partial charge >= 0.3 is 0 Å². The van der Waals surface area contributed by atoms with Crippen LogP contribution in [0.5, 0.6) is 17.2 Å². The van der Waals surface area contributed by atoms with Crippen molar-refractivity contribution in [2.24, 2.45) is 5.73 Å². The third-order valence-corrected chi connectivity index (χ3v) is 2.59. The van der Waals surface area contributed by atoms with Crippen LogP contribution in [0, 0.1) is 10.1 Å². The molecule has 0 bridgehead atoms. The predicted octanol–water partition coefficient (Wildman–Crippen LogP) is 2.25. The highest BCUT2D eigenvalue weighted by molar-refractivity contribution is 5.50. The van der Waals surface area contributed by atoms with E-state index in [0.29, 0.717) is 18.0 Å². The van der Waals surface area contributed by atoms with Gasteiger partial charge in [0, 0.05) is 18.8 Å². The molecule has 7 nitrogen and oxygen atoms in total. The van der Waals surface area contributed by atoms with Crippen molar-refractivity contribution in [1.29, 1.82) is 0 Å². The third kappa shape index (κ3) is 3.01. The van der Waals surface area contributed by atoms with Crippen molar-refractivity contribution in [3.63, 3.8) is 0 Å². The van der Waals surface area contributed by atoms with Crippen molar-refractivity contribution in [3.8, 4) is 17.2 Å². The quantitative estimate of drug-likeness (QED) is 0.663. The summed E-state index contributed by atoms with van der Waals surface area (Å²) < 4.78 is 10.7. The molecule has 1 aromatic carbocycles. The zero-order chi connectivity index (χ0) is 14.5. The number of nitro groups is 1. The summed E-state index contributed by atoms with van der Waals surface area (Å²) in [6.45, 7) is 0.330. The van der Waals surface area contributed by atoms with Crippen LogP contribution in [0.4, 0.5) is 5.69 Å². The second-order valence-electron chi connectivity index (χ2n) is 3.93. The molecular formula is C13H13N3O4. The molecule has 1 heterocycles. The standard InChI is InChI=1S/C13H13N3O4/c1-19-12-3-2-10(16(17)18)5-13(12)20-11-4-9(6-14)7-15-8-11/h2-5,7-8H,6,14H2,1H3. The largest absolute Gasteiger partial charge is 0.493 e. The summed E-state index contributed by atoms with van der Waals surface area (Å²) in [5.41, 5.74) is 6.24. The maximum Gasteiger partial charge on any atom is 0.273 e. The Hall–Kier alpha value is -2.67. The fraction of sp³-hybridized carbons (Fsp3) is 0.154. The van der Waals surface area contributed by atoms with Crippen LogP contribution in [0.25, 0.3) is 0 Å². The summed E-state index contributed by atoms with van der Waals surface area (Å²) in [5, 5.41) is 10.8. The van der Waals surface area contributed by atoms with E-state index in [4.69, 9.17) is 15.2 Å². The Kier molecular flexibility index (Phi) is 4.11. The molecule has 0 unspecified atom stereocenters. The van der Waals surface area contributed by atoms with E-state index in [2.05, 4.69) is 4.98 Å². The van der Waals surface area contributed by atoms with Gasteiger partial charge in [0.15, 0.2) is 11.5 Å². The van der Waals surface area contributed by atoms with E-state index in [0.717, 1.165) is 5.56 Å². The summed E-state index contributed by atoms with van der Waals surface area (Å²) in [7, 11) is 1.46. The molecule has 0 radical (unpaired) electrons. The first-order valence-corrected chi connectivity index (χ1v) is 5.78. The molecule has 0 saturated heterocycles. The minimum absolute atomic E-state index is 0.0799. The molecule has 0 aliphatic heterocycles. The zero-order valence-corrected chi connectivity index (χ0v) is 10.8. The first-order chi connectivity index (χ1) is 9.63. The molecule has 104 valence electrons. The van der Waals surface area contributed by atoms with Gasteiger partial charge in [-0.25, -0.2) is 0 Å². The molecule has 0 amide bonds. The number of non-ortho nitro benzene ring substituents is 1. The second-order valence-corrected chi connectivity index (χ2v) is 3.93. The van der Waals surface area contributed by atoms with Crippen LogP contribution in [-0.4, -0.2) is 17.0 Å². The molecule has 0 aliphatic carbocycles. The van der Waals surface area contributed by atoms with Gasteiger partial charge in [0.2, 0.25) is 0 Å². The van der Waals surface area contributed by atoms with Gasteiger partial charge in [-0.3, -0.25) is 15.1 Å². The fourth-order valence-corrected chi connectivity index (χ4v) is 1.62. The van der Waals surface area contributed by atoms with Gasteiger partial charge in [-0.2, -0.15) is 0 Å². The minimum Gasteiger partial charge on any atom is -0.493 e. The average Bonchev–Trinajstić information content (AvgIpc) is 2.47. The number of ether oxygens (including phenoxy) is 2. The molecule has 2 rings (SSSR count). The number of nitrogens with two attached hydrogens (primary N) is 1. The fourth-order valence-electron chi connectivity index (χ4n) is 1.62. The lowest BCUT2D eigenvalue weighted by atomic mass is 10.2. The Bertz CT molecular complexity index is 631. The Morgan fingerprint density at radius 1 is 1.30 bits per heavy atom. The van der Waals surface area contributed by atoms with E-state index in [1.165, 1.54) is 31.5 Å². The monoisotopic (exact) mass is 275 g/mol. The maximum absolute atomic E-state index is 10.8. The average molecular weight is 275 g/mol. The van der Waals surface area contributed by atoms with Crippen LogP contribution in [0.3, 0.4) is 0 Å². The molecule has 0 spiro atoms. The van der Waals surface area contributed by atoms with Gasteiger partial charge in [-0.05, 0) is 17.7 Å². The van der Waals surface area contributed by atoms with Gasteiger partial charge in [-0.15, -0.1) is 0 Å². The highest BCUT2D eigenvalue weighted by atomic mass is 16.6. The number of pyridine rings is 1. The van der Waals surface area contributed by atoms with Crippen LogP contribution < -0.4 is 15.2 Å². The number of hydrogen-bond acceptors (Lipinski definition) is 6. The summed E-state index contributed by atoms with van der Waals surface area (Å²) in [5.74, 6) is 1.08. The third-order valence-electron chi connectivity index (χ3n) is 2.59. The SMILES string of the molecule is COc1ccc([N+](=O)[O-])cc1Oc1cncc(CN)c1. The minimum atomic E-state index is -0.499. The van der Waals surface area contributed by atoms with Crippen LogP contribution in [0.1, 0.15) is 5.56 Å². The summed E-state index contributed by atoms with van der Waals surface area (Å²) in [4.78, 5) is 14.3. The van der Waals surface area contributed by atoms with Gasteiger partial charge in [-0.1, -0.05) is 0 Å². The number of benzene rings is 1. The molecule has 7 heteroatoms. The van der Waals surface area contributed by atoms with E-state index >= 15 is 0 Å². The molecule has 2 aromatic rings. The van der Waals surface area contributed by atoms with E-state index in [-0.39, 0.29) is 11.4 Å². The molecular weight excluding hydrogens is 262 g/mol. The highest BCUT2D eigenvalue weighted by Gasteiger charge is 2.13. The predicted molar refractivity (Wildman–Crippen MR) is 71.9 cm³/mol. The van der Waals surface area contributed by atoms with E-state index in [9.17, 15) is 10.1 Å². The number of nitro benzene ring substituents is 1. The first kappa shape index (κ1) is 13.8. The molecule has 0 aliphatic rings. The number of rotatable bonds is 5. The van der Waals surface area contributed by atoms with Crippen LogP contribution >= 0.6 is 0 Å². The number of methoxy groups -OCH3 is 1. The molecule has 1 aromatic heterocycles. The lowest BCUT2D eigenvalue weighted by Crippen LogP contribution is -1.98. The first-order valence-electron chi connectivity index (χ1n) is 5.78. The smallest absolute Gasteiger partial charge is 0.273 e. The van der Waals surface area contributed by atoms with Gasteiger partial charge in [0.1, 0.15) is 5.75 Å². The van der Waals surface area contributed by atoms with Crippen molar-refractivity contribution in [2.75, 3.05) is 7.11 Å². The number of nitrogens with zero attached hydrogens (tertiary/aromatic N) is 2. The van der Waals surface area contributed by atoms with Gasteiger partial charge < -0.3 is 15.2 Å². The van der Waals surface area contributed by atoms with Crippen molar-refractivity contribution in [2.45, 2.75) is 6.54 Å². The summed E-state index contributed by atoms with van der Waals surface area (Å²) in [6.07, 6.45) is 3.12. The Morgan fingerprint density at radius 2 is 2.10 bits per heavy atom. The second kappa shape index (κ2) is 5.98. The molecule has 0 atom stereocenters.